The van der Waals surface area contributed by atoms with Crippen molar-refractivity contribution in [2.24, 2.45) is 0 Å². The minimum atomic E-state index is -0.414. The minimum Gasteiger partial charge on any atom is -0.493 e. The lowest BCUT2D eigenvalue weighted by molar-refractivity contribution is -0.795. The molecule has 0 bridgehead atoms. The number of likely N-dealkylation sites (tertiary alicyclic amines) is 1. The van der Waals surface area contributed by atoms with Gasteiger partial charge in [-0.15, -0.1) is 0 Å². The minimum absolute atomic E-state index is 0.0173. The number of carbonyl (C=O) groups excluding carboxylic acids is 1. The third kappa shape index (κ3) is 4.70. The fraction of sp³-hybridized carbons (Fsp3) is 0.417. The summed E-state index contributed by atoms with van der Waals surface area (Å²) in [6.45, 7) is 4.68. The first kappa shape index (κ1) is 22.1. The second-order valence-corrected chi connectivity index (χ2v) is 8.11. The standard InChI is InChI=1S/C24H27FN2O5/c1-16(28)18-4-7-21(23(14-18)30-2)31-13-3-10-26-11-8-17(9-12-26)24-20-6-5-19(25)15-22(20)32-27(24)29/h4-7,14-15,17H,3,8-13H2,1-2H3. The molecule has 170 valence electrons. The molecule has 0 radical (unpaired) electrons. The van der Waals surface area contributed by atoms with Gasteiger partial charge in [-0.3, -0.25) is 10.0 Å². The molecule has 2 aromatic carbocycles. The van der Waals surface area contributed by atoms with E-state index >= 15 is 0 Å². The number of ketones is 1. The van der Waals surface area contributed by atoms with E-state index in [4.69, 9.17) is 14.0 Å². The summed E-state index contributed by atoms with van der Waals surface area (Å²) in [5, 5.41) is 12.9. The number of hydrogen-bond acceptors (Lipinski definition) is 6. The number of piperidine rings is 1. The molecule has 2 heterocycles. The topological polar surface area (TPSA) is 78.9 Å². The molecule has 0 N–H and O–H groups in total. The maximum Gasteiger partial charge on any atom is 0.257 e. The number of rotatable bonds is 8. The smallest absolute Gasteiger partial charge is 0.257 e. The summed E-state index contributed by atoms with van der Waals surface area (Å²) >= 11 is 0. The van der Waals surface area contributed by atoms with Crippen LogP contribution in [0.1, 0.15) is 48.2 Å². The average molecular weight is 442 g/mol. The van der Waals surface area contributed by atoms with Gasteiger partial charge in [-0.25, -0.2) is 4.39 Å². The first-order chi connectivity index (χ1) is 15.5. The van der Waals surface area contributed by atoms with Crippen molar-refractivity contribution >= 4 is 16.8 Å². The maximum atomic E-state index is 13.4. The molecule has 3 aromatic rings. The Morgan fingerprint density at radius 2 is 2.00 bits per heavy atom. The molecule has 0 atom stereocenters. The van der Waals surface area contributed by atoms with E-state index in [-0.39, 0.29) is 11.7 Å². The SMILES string of the molecule is COc1cc(C(C)=O)ccc1OCCCN1CCC(c2c3ccc(F)cc3o[n+]2[O-])CC1. The van der Waals surface area contributed by atoms with E-state index in [0.29, 0.717) is 45.2 Å². The third-order valence-corrected chi connectivity index (χ3v) is 6.02. The first-order valence-electron chi connectivity index (χ1n) is 10.8. The van der Waals surface area contributed by atoms with Crippen molar-refractivity contribution in [2.75, 3.05) is 33.4 Å². The quantitative estimate of drug-likeness (QED) is 0.297. The van der Waals surface area contributed by atoms with Crippen LogP contribution in [0.2, 0.25) is 0 Å². The number of halogens is 1. The first-order valence-corrected chi connectivity index (χ1v) is 10.8. The van der Waals surface area contributed by atoms with Crippen LogP contribution in [0.3, 0.4) is 0 Å². The van der Waals surface area contributed by atoms with Crippen LogP contribution >= 0.6 is 0 Å². The van der Waals surface area contributed by atoms with Crippen molar-refractivity contribution in [3.8, 4) is 11.5 Å². The molecule has 0 spiro atoms. The molecule has 1 aliphatic heterocycles. The van der Waals surface area contributed by atoms with E-state index in [2.05, 4.69) is 4.90 Å². The van der Waals surface area contributed by atoms with Gasteiger partial charge in [0, 0.05) is 17.0 Å². The summed E-state index contributed by atoms with van der Waals surface area (Å²) in [7, 11) is 1.56. The van der Waals surface area contributed by atoms with E-state index in [1.807, 2.05) is 0 Å². The summed E-state index contributed by atoms with van der Waals surface area (Å²) in [5.74, 6) is 0.839. The van der Waals surface area contributed by atoms with Gasteiger partial charge in [0.05, 0.1) is 30.6 Å². The zero-order valence-corrected chi connectivity index (χ0v) is 18.3. The Hall–Kier alpha value is -3.13. The monoisotopic (exact) mass is 442 g/mol. The maximum absolute atomic E-state index is 13.4. The second-order valence-electron chi connectivity index (χ2n) is 8.11. The van der Waals surface area contributed by atoms with Crippen molar-refractivity contribution in [1.29, 1.82) is 0 Å². The van der Waals surface area contributed by atoms with Gasteiger partial charge in [0.15, 0.2) is 17.3 Å². The van der Waals surface area contributed by atoms with E-state index in [1.165, 1.54) is 19.1 Å². The molecule has 1 aliphatic rings. The number of fused-ring (bicyclic) bond motifs is 1. The predicted molar refractivity (Wildman–Crippen MR) is 117 cm³/mol. The van der Waals surface area contributed by atoms with Crippen molar-refractivity contribution in [3.63, 3.8) is 0 Å². The highest BCUT2D eigenvalue weighted by molar-refractivity contribution is 5.94. The predicted octanol–water partition coefficient (Wildman–Crippen LogP) is 4.07. The second kappa shape index (κ2) is 9.56. The van der Waals surface area contributed by atoms with Gasteiger partial charge in [0.25, 0.3) is 5.69 Å². The van der Waals surface area contributed by atoms with Gasteiger partial charge in [0.1, 0.15) is 5.82 Å². The van der Waals surface area contributed by atoms with E-state index in [9.17, 15) is 14.4 Å². The van der Waals surface area contributed by atoms with Crippen molar-refractivity contribution in [1.82, 2.24) is 4.90 Å². The van der Waals surface area contributed by atoms with Gasteiger partial charge < -0.3 is 18.9 Å². The lowest BCUT2D eigenvalue weighted by Crippen LogP contribution is -2.38. The van der Waals surface area contributed by atoms with E-state index in [1.54, 1.807) is 31.4 Å². The molecule has 7 nitrogen and oxygen atoms in total. The molecule has 0 amide bonds. The highest BCUT2D eigenvalue weighted by Gasteiger charge is 2.30. The molecule has 4 rings (SSSR count). The van der Waals surface area contributed by atoms with Crippen LogP contribution < -0.4 is 14.4 Å². The van der Waals surface area contributed by atoms with Gasteiger partial charge in [0.2, 0.25) is 0 Å². The van der Waals surface area contributed by atoms with Gasteiger partial charge in [-0.1, -0.05) is 0 Å². The van der Waals surface area contributed by atoms with E-state index in [0.717, 1.165) is 38.9 Å². The van der Waals surface area contributed by atoms with Crippen LogP contribution in [0.15, 0.2) is 40.9 Å². The molecular weight excluding hydrogens is 415 g/mol. The summed E-state index contributed by atoms with van der Waals surface area (Å²) in [4.78, 5) is 14.4. The number of Topliss-reactive ketones (excluding diaryl/α,β-unsaturated/α-hetero) is 1. The van der Waals surface area contributed by atoms with Crippen molar-refractivity contribution < 1.29 is 28.1 Å². The van der Waals surface area contributed by atoms with Crippen LogP contribution in [0.5, 0.6) is 11.5 Å². The molecule has 8 heteroatoms. The zero-order chi connectivity index (χ0) is 22.7. The molecule has 0 saturated carbocycles. The normalized spacial score (nSPS) is 15.2. The van der Waals surface area contributed by atoms with Crippen LogP contribution in [0.25, 0.3) is 11.0 Å². The Bertz CT molecular complexity index is 1110. The number of aromatic nitrogens is 1. The lowest BCUT2D eigenvalue weighted by atomic mass is 9.91. The zero-order valence-electron chi connectivity index (χ0n) is 18.3. The highest BCUT2D eigenvalue weighted by Crippen LogP contribution is 2.32. The van der Waals surface area contributed by atoms with Crippen molar-refractivity contribution in [2.45, 2.75) is 32.1 Å². The summed E-state index contributed by atoms with van der Waals surface area (Å²) in [6.07, 6.45) is 2.53. The van der Waals surface area contributed by atoms with Crippen LogP contribution in [-0.2, 0) is 0 Å². The van der Waals surface area contributed by atoms with Crippen LogP contribution in [-0.4, -0.2) is 44.0 Å². The number of methoxy groups -OCH3 is 1. The van der Waals surface area contributed by atoms with Crippen LogP contribution in [0, 0.1) is 11.0 Å². The summed E-state index contributed by atoms with van der Waals surface area (Å²) < 4.78 is 29.8. The average Bonchev–Trinajstić information content (AvgIpc) is 3.11. The fourth-order valence-electron chi connectivity index (χ4n) is 4.30. The Labute approximate surface area is 185 Å². The fourth-order valence-corrected chi connectivity index (χ4v) is 4.30. The lowest BCUT2D eigenvalue weighted by Gasteiger charge is -2.30. The number of benzene rings is 2. The number of hydrogen-bond donors (Lipinski definition) is 0. The van der Waals surface area contributed by atoms with Gasteiger partial charge in [-0.05, 0) is 75.7 Å². The molecule has 1 aromatic heterocycles. The number of nitrogens with zero attached hydrogens (tertiary/aromatic N) is 2. The molecule has 32 heavy (non-hydrogen) atoms. The molecule has 1 fully saturated rings. The van der Waals surface area contributed by atoms with E-state index < -0.39 is 5.82 Å². The van der Waals surface area contributed by atoms with Gasteiger partial charge in [-0.2, -0.15) is 0 Å². The van der Waals surface area contributed by atoms with Crippen molar-refractivity contribution in [3.05, 3.63) is 58.7 Å². The summed E-state index contributed by atoms with van der Waals surface area (Å²) in [5.41, 5.74) is 1.48. The Balaban J connectivity index is 1.27. The molecule has 0 unspecified atom stereocenters. The van der Waals surface area contributed by atoms with Gasteiger partial charge >= 0.3 is 0 Å². The molecule has 1 saturated heterocycles. The summed E-state index contributed by atoms with van der Waals surface area (Å²) in [6, 6.07) is 9.43. The molecular formula is C24H27FN2O5. The van der Waals surface area contributed by atoms with Crippen LogP contribution in [0.4, 0.5) is 4.39 Å². The Morgan fingerprint density at radius 1 is 1.22 bits per heavy atom. The molecule has 0 aliphatic carbocycles. The Morgan fingerprint density at radius 3 is 2.72 bits per heavy atom. The highest BCUT2D eigenvalue weighted by atomic mass is 19.1. The third-order valence-electron chi connectivity index (χ3n) is 6.02. The Kier molecular flexibility index (Phi) is 6.60. The number of ether oxygens (including phenoxy) is 2. The largest absolute Gasteiger partial charge is 0.493 e. The number of carbonyl (C=O) groups is 1.